The third-order valence-electron chi connectivity index (χ3n) is 5.94. The average Bonchev–Trinajstić information content (AvgIpc) is 3.29. The second-order valence-electron chi connectivity index (χ2n) is 8.77. The van der Waals surface area contributed by atoms with Crippen LogP contribution in [0.1, 0.15) is 42.3 Å². The molecule has 0 aliphatic carbocycles. The SMILES string of the molecule is CC(C)c1nccn1Cc1cccc(NC(=O)N2CCN(Cc3ccc(C#N)cc3)CC2)c1. The molecule has 0 spiro atoms. The Bertz CT molecular complexity index is 1120. The van der Waals surface area contributed by atoms with Crippen molar-refractivity contribution in [2.24, 2.45) is 0 Å². The molecule has 1 N–H and O–H groups in total. The van der Waals surface area contributed by atoms with E-state index in [1.807, 2.05) is 59.8 Å². The Kier molecular flexibility index (Phi) is 7.06. The van der Waals surface area contributed by atoms with Gasteiger partial charge in [0.2, 0.25) is 0 Å². The lowest BCUT2D eigenvalue weighted by atomic mass is 10.1. The molecule has 7 nitrogen and oxygen atoms in total. The number of carbonyl (C=O) groups is 1. The normalized spacial score (nSPS) is 14.3. The van der Waals surface area contributed by atoms with Gasteiger partial charge in [-0.25, -0.2) is 9.78 Å². The van der Waals surface area contributed by atoms with Crippen LogP contribution in [-0.4, -0.2) is 51.6 Å². The van der Waals surface area contributed by atoms with E-state index >= 15 is 0 Å². The monoisotopic (exact) mass is 442 g/mol. The highest BCUT2D eigenvalue weighted by Crippen LogP contribution is 2.17. The average molecular weight is 443 g/mol. The van der Waals surface area contributed by atoms with Crippen molar-refractivity contribution in [3.05, 3.63) is 83.4 Å². The van der Waals surface area contributed by atoms with Gasteiger partial charge in [-0.1, -0.05) is 38.1 Å². The number of nitriles is 1. The van der Waals surface area contributed by atoms with Gasteiger partial charge in [-0.05, 0) is 35.4 Å². The van der Waals surface area contributed by atoms with Crippen LogP contribution >= 0.6 is 0 Å². The summed E-state index contributed by atoms with van der Waals surface area (Å²) in [6.45, 7) is 8.86. The number of nitrogens with one attached hydrogen (secondary N) is 1. The fourth-order valence-electron chi connectivity index (χ4n) is 4.15. The van der Waals surface area contributed by atoms with Crippen molar-refractivity contribution in [2.45, 2.75) is 32.9 Å². The predicted octanol–water partition coefficient (Wildman–Crippen LogP) is 4.28. The van der Waals surface area contributed by atoms with Crippen molar-refractivity contribution < 1.29 is 4.79 Å². The number of hydrogen-bond donors (Lipinski definition) is 1. The van der Waals surface area contributed by atoms with Gasteiger partial charge in [-0.15, -0.1) is 0 Å². The Labute approximate surface area is 195 Å². The summed E-state index contributed by atoms with van der Waals surface area (Å²) >= 11 is 0. The number of hydrogen-bond acceptors (Lipinski definition) is 4. The first kappa shape index (κ1) is 22.6. The van der Waals surface area contributed by atoms with Crippen LogP contribution < -0.4 is 5.32 Å². The predicted molar refractivity (Wildman–Crippen MR) is 129 cm³/mol. The quantitative estimate of drug-likeness (QED) is 0.618. The van der Waals surface area contributed by atoms with Gasteiger partial charge in [-0.2, -0.15) is 5.26 Å². The summed E-state index contributed by atoms with van der Waals surface area (Å²) < 4.78 is 2.15. The highest BCUT2D eigenvalue weighted by molar-refractivity contribution is 5.89. The molecule has 0 atom stereocenters. The molecule has 1 aromatic heterocycles. The Morgan fingerprint density at radius 1 is 1.06 bits per heavy atom. The van der Waals surface area contributed by atoms with Crippen molar-refractivity contribution in [3.8, 4) is 6.07 Å². The number of aromatic nitrogens is 2. The van der Waals surface area contributed by atoms with Gasteiger partial charge in [0.25, 0.3) is 0 Å². The highest BCUT2D eigenvalue weighted by Gasteiger charge is 2.21. The minimum atomic E-state index is -0.0596. The van der Waals surface area contributed by atoms with E-state index in [1.54, 1.807) is 0 Å². The van der Waals surface area contributed by atoms with Gasteiger partial charge in [0.15, 0.2) is 0 Å². The number of benzene rings is 2. The van der Waals surface area contributed by atoms with E-state index in [9.17, 15) is 4.79 Å². The van der Waals surface area contributed by atoms with Crippen LogP contribution in [0.2, 0.25) is 0 Å². The third-order valence-corrected chi connectivity index (χ3v) is 5.94. The summed E-state index contributed by atoms with van der Waals surface area (Å²) in [4.78, 5) is 21.5. The standard InChI is InChI=1S/C26H30N6O/c1-20(2)25-28-10-11-32(25)19-23-4-3-5-24(16-23)29-26(33)31-14-12-30(13-15-31)18-22-8-6-21(17-27)7-9-22/h3-11,16,20H,12-15,18-19H2,1-2H3,(H,29,33). The van der Waals surface area contributed by atoms with Gasteiger partial charge in [0, 0.05) is 63.3 Å². The largest absolute Gasteiger partial charge is 0.330 e. The lowest BCUT2D eigenvalue weighted by Gasteiger charge is -2.34. The fraction of sp³-hybridized carbons (Fsp3) is 0.346. The van der Waals surface area contributed by atoms with Crippen molar-refractivity contribution in [2.75, 3.05) is 31.5 Å². The number of imidazole rings is 1. The molecule has 0 saturated carbocycles. The van der Waals surface area contributed by atoms with E-state index in [4.69, 9.17) is 5.26 Å². The maximum atomic E-state index is 12.8. The molecule has 0 bridgehead atoms. The van der Waals surface area contributed by atoms with Crippen LogP contribution in [0, 0.1) is 11.3 Å². The highest BCUT2D eigenvalue weighted by atomic mass is 16.2. The maximum Gasteiger partial charge on any atom is 0.321 e. The smallest absolute Gasteiger partial charge is 0.321 e. The molecule has 1 fully saturated rings. The molecule has 0 unspecified atom stereocenters. The molecule has 1 aliphatic heterocycles. The zero-order valence-corrected chi connectivity index (χ0v) is 19.2. The third kappa shape index (κ3) is 5.79. The number of rotatable bonds is 6. The molecule has 170 valence electrons. The Morgan fingerprint density at radius 2 is 1.82 bits per heavy atom. The molecule has 33 heavy (non-hydrogen) atoms. The molecular formula is C26H30N6O. The van der Waals surface area contributed by atoms with Crippen molar-refractivity contribution in [1.29, 1.82) is 5.26 Å². The van der Waals surface area contributed by atoms with Crippen LogP contribution in [-0.2, 0) is 13.1 Å². The fourth-order valence-corrected chi connectivity index (χ4v) is 4.15. The number of anilines is 1. The lowest BCUT2D eigenvalue weighted by Crippen LogP contribution is -2.49. The molecule has 1 aliphatic rings. The molecule has 2 heterocycles. The van der Waals surface area contributed by atoms with Crippen molar-refractivity contribution in [1.82, 2.24) is 19.4 Å². The van der Waals surface area contributed by atoms with Gasteiger partial charge >= 0.3 is 6.03 Å². The molecule has 4 rings (SSSR count). The second-order valence-corrected chi connectivity index (χ2v) is 8.77. The minimum absolute atomic E-state index is 0.0596. The molecule has 2 amide bonds. The van der Waals surface area contributed by atoms with Crippen molar-refractivity contribution in [3.63, 3.8) is 0 Å². The first-order valence-corrected chi connectivity index (χ1v) is 11.4. The summed E-state index contributed by atoms with van der Waals surface area (Å²) in [7, 11) is 0. The van der Waals surface area contributed by atoms with Crippen LogP contribution in [0.3, 0.4) is 0 Å². The van der Waals surface area contributed by atoms with Crippen molar-refractivity contribution >= 4 is 11.7 Å². The van der Waals surface area contributed by atoms with Crippen LogP contribution in [0.4, 0.5) is 10.5 Å². The molecule has 2 aromatic carbocycles. The van der Waals surface area contributed by atoms with Gasteiger partial charge in [0.1, 0.15) is 5.82 Å². The summed E-state index contributed by atoms with van der Waals surface area (Å²) in [6, 6.07) is 17.8. The zero-order valence-electron chi connectivity index (χ0n) is 19.2. The second kappa shape index (κ2) is 10.3. The molecule has 7 heteroatoms. The topological polar surface area (TPSA) is 77.2 Å². The summed E-state index contributed by atoms with van der Waals surface area (Å²) in [5.41, 5.74) is 3.79. The van der Waals surface area contributed by atoms with E-state index in [2.05, 4.69) is 45.8 Å². The van der Waals surface area contributed by atoms with E-state index in [0.29, 0.717) is 24.6 Å². The summed E-state index contributed by atoms with van der Waals surface area (Å²) in [6.07, 6.45) is 3.83. The Hall–Kier alpha value is -3.63. The minimum Gasteiger partial charge on any atom is -0.330 e. The zero-order chi connectivity index (χ0) is 23.2. The van der Waals surface area contributed by atoms with Crippen LogP contribution in [0.25, 0.3) is 0 Å². The molecular weight excluding hydrogens is 412 g/mol. The van der Waals surface area contributed by atoms with E-state index in [1.165, 1.54) is 5.56 Å². The lowest BCUT2D eigenvalue weighted by molar-refractivity contribution is 0.143. The number of nitrogens with zero attached hydrogens (tertiary/aromatic N) is 5. The molecule has 3 aromatic rings. The molecule has 0 radical (unpaired) electrons. The number of carbonyl (C=O) groups excluding carboxylic acids is 1. The Morgan fingerprint density at radius 3 is 2.52 bits per heavy atom. The van der Waals surface area contributed by atoms with E-state index in [-0.39, 0.29) is 6.03 Å². The number of amides is 2. The van der Waals surface area contributed by atoms with E-state index in [0.717, 1.165) is 43.3 Å². The first-order valence-electron chi connectivity index (χ1n) is 11.4. The van der Waals surface area contributed by atoms with Crippen LogP contribution in [0.5, 0.6) is 0 Å². The van der Waals surface area contributed by atoms with Crippen LogP contribution in [0.15, 0.2) is 60.9 Å². The number of urea groups is 1. The van der Waals surface area contributed by atoms with Gasteiger partial charge in [-0.3, -0.25) is 4.90 Å². The molecule has 1 saturated heterocycles. The maximum absolute atomic E-state index is 12.8. The summed E-state index contributed by atoms with van der Waals surface area (Å²) in [5.74, 6) is 1.42. The van der Waals surface area contributed by atoms with E-state index < -0.39 is 0 Å². The van der Waals surface area contributed by atoms with Gasteiger partial charge < -0.3 is 14.8 Å². The van der Waals surface area contributed by atoms with Gasteiger partial charge in [0.05, 0.1) is 11.6 Å². The summed E-state index contributed by atoms with van der Waals surface area (Å²) in [5, 5.41) is 12.0. The number of piperazine rings is 1. The first-order chi connectivity index (χ1) is 16.0. The Balaban J connectivity index is 1.29.